The lowest BCUT2D eigenvalue weighted by Crippen LogP contribution is -2.66. The molecule has 1 aliphatic heterocycles. The van der Waals surface area contributed by atoms with Crippen molar-refractivity contribution in [2.24, 2.45) is 17.8 Å². The lowest BCUT2D eigenvalue weighted by Gasteiger charge is -2.58. The lowest BCUT2D eigenvalue weighted by molar-refractivity contribution is -0.157. The van der Waals surface area contributed by atoms with Crippen molar-refractivity contribution in [2.45, 2.75) is 49.9 Å². The van der Waals surface area contributed by atoms with Gasteiger partial charge in [0.15, 0.2) is 0 Å². The molecule has 1 amide bonds. The SMILES string of the molecule is O=C(CN1CCN(c2ccc(C(F)(F)F)cn2)CC1)NC1C2C[C@@H]3C[C@H](C2)CC1(O)C3. The molecule has 5 aliphatic rings. The number of nitrogens with zero attached hydrogens (tertiary/aromatic N) is 3. The maximum atomic E-state index is 12.7. The molecular formula is C22H29F3N4O2. The Morgan fingerprint density at radius 2 is 1.81 bits per heavy atom. The van der Waals surface area contributed by atoms with Crippen molar-refractivity contribution in [3.05, 3.63) is 23.9 Å². The molecule has 9 heteroatoms. The van der Waals surface area contributed by atoms with Crippen LogP contribution in [0.2, 0.25) is 0 Å². The standard InChI is InChI=1S/C22H29F3N4O2/c23-22(24,25)17-1-2-18(26-12-17)29-5-3-28(4-6-29)13-19(30)27-20-16-8-14-7-15(9-16)11-21(20,31)10-14/h1-2,12,14-16,20,31H,3-11,13H2,(H,27,30)/t14-,15+,16?,20?,21?. The van der Waals surface area contributed by atoms with Gasteiger partial charge in [-0.25, -0.2) is 4.98 Å². The minimum atomic E-state index is -4.39. The summed E-state index contributed by atoms with van der Waals surface area (Å²) in [7, 11) is 0. The number of pyridine rings is 1. The summed E-state index contributed by atoms with van der Waals surface area (Å²) >= 11 is 0. The van der Waals surface area contributed by atoms with Crippen molar-refractivity contribution in [3.63, 3.8) is 0 Å². The quantitative estimate of drug-likeness (QED) is 0.755. The zero-order valence-corrected chi connectivity index (χ0v) is 17.4. The molecule has 0 aromatic carbocycles. The Labute approximate surface area is 179 Å². The number of hydrogen-bond acceptors (Lipinski definition) is 5. The van der Waals surface area contributed by atoms with Crippen molar-refractivity contribution in [3.8, 4) is 0 Å². The molecule has 5 atom stereocenters. The molecule has 170 valence electrons. The Bertz CT molecular complexity index is 809. The second-order valence-corrected chi connectivity index (χ2v) is 9.92. The van der Waals surface area contributed by atoms with Crippen LogP contribution in [0.1, 0.15) is 37.7 Å². The molecule has 4 bridgehead atoms. The van der Waals surface area contributed by atoms with Crippen molar-refractivity contribution < 1.29 is 23.1 Å². The molecule has 1 aromatic heterocycles. The van der Waals surface area contributed by atoms with Crippen LogP contribution in [-0.2, 0) is 11.0 Å². The number of halogens is 3. The van der Waals surface area contributed by atoms with Gasteiger partial charge in [0.2, 0.25) is 5.91 Å². The number of hydrogen-bond donors (Lipinski definition) is 2. The van der Waals surface area contributed by atoms with E-state index < -0.39 is 17.3 Å². The number of alkyl halides is 3. The molecule has 0 radical (unpaired) electrons. The molecular weight excluding hydrogens is 409 g/mol. The van der Waals surface area contributed by atoms with Gasteiger partial charge < -0.3 is 15.3 Å². The predicted octanol–water partition coefficient (Wildman–Crippen LogP) is 2.28. The van der Waals surface area contributed by atoms with E-state index in [1.54, 1.807) is 0 Å². The number of aromatic nitrogens is 1. The second-order valence-electron chi connectivity index (χ2n) is 9.92. The lowest BCUT2D eigenvalue weighted by atomic mass is 9.52. The second kappa shape index (κ2) is 7.62. The monoisotopic (exact) mass is 438 g/mol. The van der Waals surface area contributed by atoms with Gasteiger partial charge >= 0.3 is 6.18 Å². The number of nitrogens with one attached hydrogen (secondary N) is 1. The van der Waals surface area contributed by atoms with Gasteiger partial charge in [0.1, 0.15) is 5.82 Å². The highest BCUT2D eigenvalue weighted by Crippen LogP contribution is 2.55. The molecule has 2 heterocycles. The van der Waals surface area contributed by atoms with E-state index in [-0.39, 0.29) is 18.5 Å². The maximum absolute atomic E-state index is 12.7. The Morgan fingerprint density at radius 1 is 1.13 bits per heavy atom. The summed E-state index contributed by atoms with van der Waals surface area (Å²) in [5, 5.41) is 14.3. The summed E-state index contributed by atoms with van der Waals surface area (Å²) in [6.07, 6.45) is 1.56. The van der Waals surface area contributed by atoms with Gasteiger partial charge in [-0.3, -0.25) is 9.69 Å². The van der Waals surface area contributed by atoms with Gasteiger partial charge in [-0.15, -0.1) is 0 Å². The molecule has 1 saturated heterocycles. The van der Waals surface area contributed by atoms with Gasteiger partial charge in [0, 0.05) is 32.4 Å². The first kappa shape index (κ1) is 21.0. The van der Waals surface area contributed by atoms with E-state index in [1.807, 2.05) is 4.90 Å². The number of anilines is 1. The van der Waals surface area contributed by atoms with Crippen LogP contribution in [0.25, 0.3) is 0 Å². The zero-order valence-electron chi connectivity index (χ0n) is 17.4. The van der Waals surface area contributed by atoms with Crippen molar-refractivity contribution >= 4 is 11.7 Å². The van der Waals surface area contributed by atoms with E-state index in [2.05, 4.69) is 15.2 Å². The number of carbonyl (C=O) groups excluding carboxylic acids is 1. The minimum Gasteiger partial charge on any atom is -0.388 e. The van der Waals surface area contributed by atoms with Gasteiger partial charge in [-0.2, -0.15) is 13.2 Å². The first-order chi connectivity index (χ1) is 14.7. The number of piperazine rings is 1. The van der Waals surface area contributed by atoms with E-state index in [0.29, 0.717) is 49.8 Å². The fourth-order valence-electron chi connectivity index (χ4n) is 6.55. The Morgan fingerprint density at radius 3 is 2.35 bits per heavy atom. The number of rotatable bonds is 4. The topological polar surface area (TPSA) is 68.7 Å². The number of carbonyl (C=O) groups is 1. The molecule has 4 aliphatic carbocycles. The van der Waals surface area contributed by atoms with Gasteiger partial charge in [-0.05, 0) is 62.0 Å². The van der Waals surface area contributed by atoms with Crippen molar-refractivity contribution in [2.75, 3.05) is 37.6 Å². The van der Waals surface area contributed by atoms with Crippen LogP contribution in [0.5, 0.6) is 0 Å². The van der Waals surface area contributed by atoms with Crippen LogP contribution in [0.3, 0.4) is 0 Å². The molecule has 4 saturated carbocycles. The number of amides is 1. The molecule has 3 unspecified atom stereocenters. The summed E-state index contributed by atoms with van der Waals surface area (Å²) in [6, 6.07) is 2.32. The van der Waals surface area contributed by atoms with Crippen LogP contribution >= 0.6 is 0 Å². The summed E-state index contributed by atoms with van der Waals surface area (Å²) in [6.45, 7) is 2.76. The van der Waals surface area contributed by atoms with Crippen LogP contribution < -0.4 is 10.2 Å². The molecule has 2 N–H and O–H groups in total. The first-order valence-corrected chi connectivity index (χ1v) is 11.2. The van der Waals surface area contributed by atoms with Gasteiger partial charge in [-0.1, -0.05) is 0 Å². The summed E-state index contributed by atoms with van der Waals surface area (Å²) < 4.78 is 38.1. The predicted molar refractivity (Wildman–Crippen MR) is 108 cm³/mol. The highest BCUT2D eigenvalue weighted by Gasteiger charge is 2.56. The van der Waals surface area contributed by atoms with E-state index in [1.165, 1.54) is 12.5 Å². The first-order valence-electron chi connectivity index (χ1n) is 11.2. The molecule has 0 spiro atoms. The van der Waals surface area contributed by atoms with Gasteiger partial charge in [0.05, 0.1) is 23.8 Å². The third kappa shape index (κ3) is 4.14. The number of aliphatic hydroxyl groups is 1. The highest BCUT2D eigenvalue weighted by molar-refractivity contribution is 5.78. The maximum Gasteiger partial charge on any atom is 0.417 e. The highest BCUT2D eigenvalue weighted by atomic mass is 19.4. The Hall–Kier alpha value is -1.87. The summed E-state index contributed by atoms with van der Waals surface area (Å²) in [5.41, 5.74) is -1.49. The summed E-state index contributed by atoms with van der Waals surface area (Å²) in [4.78, 5) is 20.7. The average molecular weight is 438 g/mol. The third-order valence-corrected chi connectivity index (χ3v) is 7.73. The zero-order chi connectivity index (χ0) is 21.8. The fraction of sp³-hybridized carbons (Fsp3) is 0.727. The molecule has 6 rings (SSSR count). The van der Waals surface area contributed by atoms with Crippen LogP contribution in [0.15, 0.2) is 18.3 Å². The molecule has 1 aromatic rings. The molecule has 5 fully saturated rings. The van der Waals surface area contributed by atoms with Crippen LogP contribution in [0.4, 0.5) is 19.0 Å². The van der Waals surface area contributed by atoms with E-state index in [0.717, 1.165) is 37.9 Å². The van der Waals surface area contributed by atoms with Crippen molar-refractivity contribution in [1.29, 1.82) is 0 Å². The third-order valence-electron chi connectivity index (χ3n) is 7.73. The Balaban J connectivity index is 1.12. The minimum absolute atomic E-state index is 0.0491. The average Bonchev–Trinajstić information content (AvgIpc) is 2.70. The van der Waals surface area contributed by atoms with Gasteiger partial charge in [0.25, 0.3) is 0 Å². The molecule has 6 nitrogen and oxygen atoms in total. The summed E-state index contributed by atoms with van der Waals surface area (Å²) in [5.74, 6) is 2.09. The fourth-order valence-corrected chi connectivity index (χ4v) is 6.55. The largest absolute Gasteiger partial charge is 0.417 e. The normalized spacial score (nSPS) is 35.4. The van der Waals surface area contributed by atoms with Crippen LogP contribution in [-0.4, -0.2) is 65.3 Å². The van der Waals surface area contributed by atoms with E-state index in [4.69, 9.17) is 0 Å². The van der Waals surface area contributed by atoms with Crippen LogP contribution in [0, 0.1) is 17.8 Å². The smallest absolute Gasteiger partial charge is 0.388 e. The Kier molecular flexibility index (Phi) is 5.16. The van der Waals surface area contributed by atoms with E-state index >= 15 is 0 Å². The van der Waals surface area contributed by atoms with Crippen molar-refractivity contribution in [1.82, 2.24) is 15.2 Å². The molecule has 31 heavy (non-hydrogen) atoms. The van der Waals surface area contributed by atoms with E-state index in [9.17, 15) is 23.1 Å².